The number of benzene rings is 3. The molecule has 0 bridgehead atoms. The van der Waals surface area contributed by atoms with Gasteiger partial charge in [-0.1, -0.05) is 0 Å². The fraction of sp³-hybridized carbons (Fsp3) is 0.208. The van der Waals surface area contributed by atoms with Crippen molar-refractivity contribution in [3.05, 3.63) is 47.5 Å². The highest BCUT2D eigenvalue weighted by atomic mass is 16.5. The molecule has 0 atom stereocenters. The summed E-state index contributed by atoms with van der Waals surface area (Å²) in [5.41, 5.74) is 4.92. The summed E-state index contributed by atoms with van der Waals surface area (Å²) < 4.78 is 16.0. The number of methoxy groups -OCH3 is 3. The number of aryl methyl sites for hydroxylation is 2. The number of aromatic hydroxyl groups is 1. The summed E-state index contributed by atoms with van der Waals surface area (Å²) in [5.74, 6) is 1.51. The van der Waals surface area contributed by atoms with Gasteiger partial charge >= 0.3 is 6.03 Å². The van der Waals surface area contributed by atoms with Crippen molar-refractivity contribution in [2.45, 2.75) is 13.8 Å². The van der Waals surface area contributed by atoms with Crippen molar-refractivity contribution in [1.82, 2.24) is 4.98 Å². The van der Waals surface area contributed by atoms with Gasteiger partial charge in [0, 0.05) is 39.6 Å². The van der Waals surface area contributed by atoms with Crippen LogP contribution in [-0.4, -0.2) is 37.5 Å². The number of carbonyl (C=O) groups is 1. The number of nitrogens with one attached hydrogen (secondary N) is 3. The Balaban J connectivity index is 1.68. The number of aromatic amines is 1. The third-order valence-electron chi connectivity index (χ3n) is 5.49. The predicted octanol–water partition coefficient (Wildman–Crippen LogP) is 5.31. The molecule has 8 nitrogen and oxygen atoms in total. The van der Waals surface area contributed by atoms with E-state index in [0.717, 1.165) is 32.9 Å². The summed E-state index contributed by atoms with van der Waals surface area (Å²) in [7, 11) is 4.55. The summed E-state index contributed by atoms with van der Waals surface area (Å²) in [6, 6.07) is 10.0. The molecule has 0 saturated carbocycles. The van der Waals surface area contributed by atoms with Crippen LogP contribution >= 0.6 is 0 Å². The number of phenolic OH excluding ortho intramolecular Hbond substituents is 1. The first-order valence-electron chi connectivity index (χ1n) is 9.98. The fourth-order valence-electron chi connectivity index (χ4n) is 3.96. The topological polar surface area (TPSA) is 105 Å². The molecule has 2 amide bonds. The van der Waals surface area contributed by atoms with Crippen molar-refractivity contribution in [2.24, 2.45) is 0 Å². The van der Waals surface area contributed by atoms with E-state index in [1.165, 1.54) is 21.3 Å². The Hall–Kier alpha value is -4.07. The van der Waals surface area contributed by atoms with Crippen LogP contribution in [0.3, 0.4) is 0 Å². The van der Waals surface area contributed by atoms with Crippen LogP contribution in [0.15, 0.2) is 36.4 Å². The van der Waals surface area contributed by atoms with E-state index in [1.807, 2.05) is 26.0 Å². The van der Waals surface area contributed by atoms with E-state index in [4.69, 9.17) is 14.2 Å². The Morgan fingerprint density at radius 3 is 2.25 bits per heavy atom. The first-order chi connectivity index (χ1) is 15.4. The molecular weight excluding hydrogens is 410 g/mol. The normalized spacial score (nSPS) is 10.9. The minimum atomic E-state index is -0.413. The molecule has 0 radical (unpaired) electrons. The lowest BCUT2D eigenvalue weighted by Crippen LogP contribution is -2.20. The lowest BCUT2D eigenvalue weighted by molar-refractivity contribution is 0.262. The highest BCUT2D eigenvalue weighted by Crippen LogP contribution is 2.40. The lowest BCUT2D eigenvalue weighted by Gasteiger charge is -2.16. The van der Waals surface area contributed by atoms with E-state index < -0.39 is 6.03 Å². The van der Waals surface area contributed by atoms with Crippen LogP contribution in [0.2, 0.25) is 0 Å². The number of rotatable bonds is 5. The van der Waals surface area contributed by atoms with E-state index in [1.54, 1.807) is 24.3 Å². The van der Waals surface area contributed by atoms with E-state index in [2.05, 4.69) is 15.6 Å². The summed E-state index contributed by atoms with van der Waals surface area (Å²) in [6.07, 6.45) is 0. The second kappa shape index (κ2) is 8.22. The van der Waals surface area contributed by atoms with Crippen molar-refractivity contribution in [3.63, 3.8) is 0 Å². The number of urea groups is 1. The Labute approximate surface area is 185 Å². The van der Waals surface area contributed by atoms with Crippen LogP contribution in [0.4, 0.5) is 16.2 Å². The first-order valence-corrected chi connectivity index (χ1v) is 9.98. The molecule has 166 valence electrons. The molecule has 4 rings (SSSR count). The van der Waals surface area contributed by atoms with Crippen LogP contribution in [0.25, 0.3) is 21.8 Å². The number of fused-ring (bicyclic) bond motifs is 3. The highest BCUT2D eigenvalue weighted by molar-refractivity contribution is 6.13. The third-order valence-corrected chi connectivity index (χ3v) is 5.49. The first kappa shape index (κ1) is 21.2. The van der Waals surface area contributed by atoms with Gasteiger partial charge < -0.3 is 34.9 Å². The number of ether oxygens (including phenoxy) is 3. The minimum absolute atomic E-state index is 0.189. The Kier molecular flexibility index (Phi) is 5.44. The van der Waals surface area contributed by atoms with Gasteiger partial charge in [0.15, 0.2) is 11.5 Å². The van der Waals surface area contributed by atoms with Crippen LogP contribution in [0.1, 0.15) is 11.1 Å². The summed E-state index contributed by atoms with van der Waals surface area (Å²) in [6.45, 7) is 3.91. The molecule has 0 spiro atoms. The predicted molar refractivity (Wildman–Crippen MR) is 126 cm³/mol. The number of aromatic nitrogens is 1. The summed E-state index contributed by atoms with van der Waals surface area (Å²) in [5, 5.41) is 17.5. The lowest BCUT2D eigenvalue weighted by atomic mass is 10.0. The maximum atomic E-state index is 12.8. The molecule has 0 saturated heterocycles. The molecule has 0 aliphatic carbocycles. The molecular formula is C24H25N3O5. The van der Waals surface area contributed by atoms with E-state index in [9.17, 15) is 9.90 Å². The van der Waals surface area contributed by atoms with Crippen LogP contribution in [0, 0.1) is 13.8 Å². The molecule has 0 fully saturated rings. The van der Waals surface area contributed by atoms with Crippen LogP contribution < -0.4 is 24.8 Å². The molecule has 1 heterocycles. The van der Waals surface area contributed by atoms with E-state index in [0.29, 0.717) is 28.6 Å². The monoisotopic (exact) mass is 435 g/mol. The van der Waals surface area contributed by atoms with Crippen molar-refractivity contribution in [1.29, 1.82) is 0 Å². The molecule has 3 aromatic carbocycles. The summed E-state index contributed by atoms with van der Waals surface area (Å²) in [4.78, 5) is 16.2. The fourth-order valence-corrected chi connectivity index (χ4v) is 3.96. The zero-order valence-corrected chi connectivity index (χ0v) is 18.5. The van der Waals surface area contributed by atoms with Crippen molar-refractivity contribution >= 4 is 39.2 Å². The molecule has 4 aromatic rings. The maximum absolute atomic E-state index is 12.8. The number of phenols is 1. The smallest absolute Gasteiger partial charge is 0.323 e. The van der Waals surface area contributed by atoms with Gasteiger partial charge in [0.05, 0.1) is 27.0 Å². The van der Waals surface area contributed by atoms with Gasteiger partial charge in [0.25, 0.3) is 0 Å². The standard InChI is InChI=1S/C24H25N3O5/c1-12-8-18(13(2)21-16-11-15(28)6-7-17(16)26-22(12)21)27-24(29)25-14-9-19(30-3)23(32-5)20(10-14)31-4/h6-11,26,28H,1-5H3,(H2,25,27,29). The number of carbonyl (C=O) groups excluding carboxylic acids is 1. The van der Waals surface area contributed by atoms with Crippen LogP contribution in [-0.2, 0) is 0 Å². The number of amides is 2. The quantitative estimate of drug-likeness (QED) is 0.340. The molecule has 0 unspecified atom stereocenters. The Morgan fingerprint density at radius 1 is 0.938 bits per heavy atom. The van der Waals surface area contributed by atoms with Crippen molar-refractivity contribution in [3.8, 4) is 23.0 Å². The number of H-pyrrole nitrogens is 1. The average molecular weight is 435 g/mol. The van der Waals surface area contributed by atoms with Gasteiger partial charge in [0.2, 0.25) is 5.75 Å². The zero-order valence-electron chi connectivity index (χ0n) is 18.5. The third kappa shape index (κ3) is 3.60. The number of hydrogen-bond donors (Lipinski definition) is 4. The van der Waals surface area contributed by atoms with Gasteiger partial charge in [-0.05, 0) is 49.2 Å². The Bertz CT molecular complexity index is 1320. The molecule has 4 N–H and O–H groups in total. The van der Waals surface area contributed by atoms with Gasteiger partial charge in [0.1, 0.15) is 5.75 Å². The van der Waals surface area contributed by atoms with Gasteiger partial charge in [-0.15, -0.1) is 0 Å². The number of anilines is 2. The van der Waals surface area contributed by atoms with E-state index >= 15 is 0 Å². The van der Waals surface area contributed by atoms with Crippen LogP contribution in [0.5, 0.6) is 23.0 Å². The van der Waals surface area contributed by atoms with Crippen molar-refractivity contribution in [2.75, 3.05) is 32.0 Å². The molecule has 0 aliphatic rings. The van der Waals surface area contributed by atoms with Crippen molar-refractivity contribution < 1.29 is 24.1 Å². The van der Waals surface area contributed by atoms with Gasteiger partial charge in [-0.3, -0.25) is 0 Å². The molecule has 8 heteroatoms. The molecule has 32 heavy (non-hydrogen) atoms. The van der Waals surface area contributed by atoms with Gasteiger partial charge in [-0.25, -0.2) is 4.79 Å². The zero-order chi connectivity index (χ0) is 23.0. The minimum Gasteiger partial charge on any atom is -0.508 e. The second-order valence-electron chi connectivity index (χ2n) is 7.46. The number of hydrogen-bond acceptors (Lipinski definition) is 5. The largest absolute Gasteiger partial charge is 0.508 e. The van der Waals surface area contributed by atoms with Gasteiger partial charge in [-0.2, -0.15) is 0 Å². The SMILES string of the molecule is COc1cc(NC(=O)Nc2cc(C)c3[nH]c4ccc(O)cc4c3c2C)cc(OC)c1OC. The molecule has 1 aromatic heterocycles. The highest BCUT2D eigenvalue weighted by Gasteiger charge is 2.17. The maximum Gasteiger partial charge on any atom is 0.323 e. The Morgan fingerprint density at radius 2 is 1.62 bits per heavy atom. The summed E-state index contributed by atoms with van der Waals surface area (Å²) >= 11 is 0. The average Bonchev–Trinajstić information content (AvgIpc) is 3.15. The molecule has 0 aliphatic heterocycles. The van der Waals surface area contributed by atoms with E-state index in [-0.39, 0.29) is 5.75 Å². The second-order valence-corrected chi connectivity index (χ2v) is 7.46.